The number of benzene rings is 2. The van der Waals surface area contributed by atoms with E-state index in [0.29, 0.717) is 0 Å². The summed E-state index contributed by atoms with van der Waals surface area (Å²) in [6, 6.07) is 13.2. The zero-order valence-electron chi connectivity index (χ0n) is 10.7. The molecule has 0 unspecified atom stereocenters. The summed E-state index contributed by atoms with van der Waals surface area (Å²) in [7, 11) is 0. The Labute approximate surface area is 114 Å². The smallest absolute Gasteiger partial charge is 0.302 e. The monoisotopic (exact) mass is 281 g/mol. The van der Waals surface area contributed by atoms with Gasteiger partial charge in [0.25, 0.3) is 0 Å². The molecule has 0 heterocycles. The van der Waals surface area contributed by atoms with E-state index in [2.05, 4.69) is 5.32 Å². The lowest BCUT2D eigenvalue weighted by molar-refractivity contribution is -0.127. The molecular formula is C15H14F3NO. The zero-order chi connectivity index (χ0) is 14.6. The van der Waals surface area contributed by atoms with Crippen LogP contribution in [-0.4, -0.2) is 25.0 Å². The fraction of sp³-hybridized carbons (Fsp3) is 0.267. The summed E-state index contributed by atoms with van der Waals surface area (Å²) < 4.78 is 35.9. The molecule has 1 N–H and O–H groups in total. The van der Waals surface area contributed by atoms with Crippen molar-refractivity contribution in [1.29, 1.82) is 0 Å². The molecule has 0 aliphatic rings. The Morgan fingerprint density at radius 3 is 2.50 bits per heavy atom. The van der Waals surface area contributed by atoms with Gasteiger partial charge in [-0.1, -0.05) is 42.5 Å². The Kier molecular flexibility index (Phi) is 4.39. The van der Waals surface area contributed by atoms with Crippen LogP contribution in [0.2, 0.25) is 0 Å². The number of fused-ring (bicyclic) bond motifs is 1. The second-order valence-electron chi connectivity index (χ2n) is 4.57. The molecule has 5 heteroatoms. The van der Waals surface area contributed by atoms with Crippen molar-refractivity contribution in [3.63, 3.8) is 0 Å². The van der Waals surface area contributed by atoms with Crippen LogP contribution in [0.1, 0.15) is 5.56 Å². The first kappa shape index (κ1) is 14.5. The number of carbonyl (C=O) groups excluding carboxylic acids is 1. The van der Waals surface area contributed by atoms with Gasteiger partial charge in [0.15, 0.2) is 5.78 Å². The summed E-state index contributed by atoms with van der Waals surface area (Å²) in [4.78, 5) is 11.7. The predicted octanol–water partition coefficient (Wildman–Crippen LogP) is 3.10. The average Bonchev–Trinajstić information content (AvgIpc) is 2.37. The number of Topliss-reactive ketones (excluding diaryl/α,β-unsaturated/α-hetero) is 1. The third kappa shape index (κ3) is 4.06. The highest BCUT2D eigenvalue weighted by atomic mass is 19.4. The third-order valence-corrected chi connectivity index (χ3v) is 2.92. The van der Waals surface area contributed by atoms with Crippen LogP contribution in [0.25, 0.3) is 10.8 Å². The molecule has 0 saturated heterocycles. The largest absolute Gasteiger partial charge is 0.401 e. The molecule has 0 amide bonds. The van der Waals surface area contributed by atoms with E-state index in [1.807, 2.05) is 42.5 Å². The summed E-state index contributed by atoms with van der Waals surface area (Å²) in [6.45, 7) is -1.42. The second-order valence-corrected chi connectivity index (χ2v) is 4.57. The van der Waals surface area contributed by atoms with Gasteiger partial charge in [-0.3, -0.25) is 4.79 Å². The molecule has 106 valence electrons. The summed E-state index contributed by atoms with van der Waals surface area (Å²) in [6.07, 6.45) is -4.16. The first-order valence-electron chi connectivity index (χ1n) is 6.21. The van der Waals surface area contributed by atoms with Gasteiger partial charge < -0.3 is 5.32 Å². The van der Waals surface area contributed by atoms with Gasteiger partial charge >= 0.3 is 6.18 Å². The Morgan fingerprint density at radius 2 is 1.75 bits per heavy atom. The lowest BCUT2D eigenvalue weighted by atomic mass is 10.0. The molecule has 0 aliphatic carbocycles. The van der Waals surface area contributed by atoms with Crippen molar-refractivity contribution in [1.82, 2.24) is 5.32 Å². The van der Waals surface area contributed by atoms with Crippen molar-refractivity contribution in [2.45, 2.75) is 12.6 Å². The number of hydrogen-bond acceptors (Lipinski definition) is 2. The van der Waals surface area contributed by atoms with E-state index >= 15 is 0 Å². The minimum Gasteiger partial charge on any atom is -0.302 e. The Balaban J connectivity index is 2.00. The maximum atomic E-state index is 12.0. The van der Waals surface area contributed by atoms with Crippen LogP contribution < -0.4 is 5.32 Å². The van der Waals surface area contributed by atoms with Gasteiger partial charge in [-0.2, -0.15) is 13.2 Å². The predicted molar refractivity (Wildman–Crippen MR) is 71.6 cm³/mol. The topological polar surface area (TPSA) is 29.1 Å². The summed E-state index contributed by atoms with van der Waals surface area (Å²) in [5.41, 5.74) is 0.835. The molecule has 0 bridgehead atoms. The fourth-order valence-electron chi connectivity index (χ4n) is 2.07. The van der Waals surface area contributed by atoms with E-state index in [4.69, 9.17) is 0 Å². The molecule has 2 aromatic rings. The van der Waals surface area contributed by atoms with Gasteiger partial charge in [0, 0.05) is 6.42 Å². The molecule has 2 rings (SSSR count). The molecule has 0 aromatic heterocycles. The van der Waals surface area contributed by atoms with Crippen molar-refractivity contribution < 1.29 is 18.0 Å². The van der Waals surface area contributed by atoms with Crippen LogP contribution >= 0.6 is 0 Å². The molecule has 0 atom stereocenters. The molecule has 2 aromatic carbocycles. The van der Waals surface area contributed by atoms with Gasteiger partial charge in [0.05, 0.1) is 13.1 Å². The molecule has 0 fully saturated rings. The Bertz CT molecular complexity index is 602. The number of rotatable bonds is 5. The van der Waals surface area contributed by atoms with Crippen LogP contribution in [-0.2, 0) is 11.2 Å². The number of ketones is 1. The van der Waals surface area contributed by atoms with Crippen LogP contribution in [0.5, 0.6) is 0 Å². The van der Waals surface area contributed by atoms with Crippen molar-refractivity contribution in [2.24, 2.45) is 0 Å². The summed E-state index contributed by atoms with van der Waals surface area (Å²) >= 11 is 0. The van der Waals surface area contributed by atoms with E-state index in [1.54, 1.807) is 0 Å². The van der Waals surface area contributed by atoms with Gasteiger partial charge in [0.2, 0.25) is 0 Å². The molecule has 0 saturated carbocycles. The van der Waals surface area contributed by atoms with Crippen molar-refractivity contribution in [2.75, 3.05) is 13.1 Å². The van der Waals surface area contributed by atoms with E-state index < -0.39 is 12.7 Å². The maximum Gasteiger partial charge on any atom is 0.401 e. The quantitative estimate of drug-likeness (QED) is 0.912. The molecule has 0 radical (unpaired) electrons. The first-order chi connectivity index (χ1) is 9.46. The highest BCUT2D eigenvalue weighted by Crippen LogP contribution is 2.19. The second kappa shape index (κ2) is 6.05. The zero-order valence-corrected chi connectivity index (χ0v) is 10.7. The van der Waals surface area contributed by atoms with E-state index in [9.17, 15) is 18.0 Å². The van der Waals surface area contributed by atoms with Crippen LogP contribution in [0.15, 0.2) is 42.5 Å². The minimum atomic E-state index is -4.29. The van der Waals surface area contributed by atoms with Gasteiger partial charge in [-0.15, -0.1) is 0 Å². The number of carbonyl (C=O) groups is 1. The highest BCUT2D eigenvalue weighted by molar-refractivity contribution is 5.91. The molecule has 20 heavy (non-hydrogen) atoms. The highest BCUT2D eigenvalue weighted by Gasteiger charge is 2.26. The molecule has 2 nitrogen and oxygen atoms in total. The lowest BCUT2D eigenvalue weighted by Gasteiger charge is -2.08. The van der Waals surface area contributed by atoms with Crippen molar-refractivity contribution in [3.8, 4) is 0 Å². The fourth-order valence-corrected chi connectivity index (χ4v) is 2.07. The number of nitrogens with one attached hydrogen (secondary N) is 1. The average molecular weight is 281 g/mol. The molecule has 0 spiro atoms. The van der Waals surface area contributed by atoms with Crippen molar-refractivity contribution >= 4 is 16.6 Å². The van der Waals surface area contributed by atoms with E-state index in [1.165, 1.54) is 0 Å². The maximum absolute atomic E-state index is 12.0. The normalized spacial score (nSPS) is 11.8. The first-order valence-corrected chi connectivity index (χ1v) is 6.21. The minimum absolute atomic E-state index is 0.131. The van der Waals surface area contributed by atoms with E-state index in [0.717, 1.165) is 16.3 Å². The summed E-state index contributed by atoms with van der Waals surface area (Å²) in [5, 5.41) is 4.09. The molecular weight excluding hydrogens is 267 g/mol. The number of halogens is 3. The van der Waals surface area contributed by atoms with Crippen LogP contribution in [0, 0.1) is 0 Å². The third-order valence-electron chi connectivity index (χ3n) is 2.92. The van der Waals surface area contributed by atoms with Crippen LogP contribution in [0.4, 0.5) is 13.2 Å². The number of alkyl halides is 3. The van der Waals surface area contributed by atoms with Gasteiger partial charge in [-0.05, 0) is 16.3 Å². The van der Waals surface area contributed by atoms with Crippen LogP contribution in [0.3, 0.4) is 0 Å². The SMILES string of the molecule is O=C(CNCC(F)(F)F)Cc1cccc2ccccc12. The summed E-state index contributed by atoms with van der Waals surface area (Å²) in [5.74, 6) is -0.259. The standard InChI is InChI=1S/C15H14F3NO/c16-15(17,18)10-19-9-13(20)8-12-6-3-5-11-4-1-2-7-14(11)12/h1-7,19H,8-10H2. The Hall–Kier alpha value is -1.88. The van der Waals surface area contributed by atoms with Crippen molar-refractivity contribution in [3.05, 3.63) is 48.0 Å². The molecule has 0 aliphatic heterocycles. The van der Waals surface area contributed by atoms with E-state index in [-0.39, 0.29) is 18.7 Å². The Morgan fingerprint density at radius 1 is 1.05 bits per heavy atom. The lowest BCUT2D eigenvalue weighted by Crippen LogP contribution is -2.33. The number of hydrogen-bond donors (Lipinski definition) is 1. The van der Waals surface area contributed by atoms with Gasteiger partial charge in [-0.25, -0.2) is 0 Å². The van der Waals surface area contributed by atoms with Gasteiger partial charge in [0.1, 0.15) is 0 Å².